The number of halogens is 3. The molecule has 12 heavy (non-hydrogen) atoms. The lowest BCUT2D eigenvalue weighted by Crippen LogP contribution is -2.14. The summed E-state index contributed by atoms with van der Waals surface area (Å²) in [6, 6.07) is 0. The smallest absolute Gasteiger partial charge is 0.413 e. The molecule has 0 atom stereocenters. The molecule has 0 saturated heterocycles. The average molecular weight is 180 g/mol. The second-order valence-corrected chi connectivity index (χ2v) is 2.05. The molecule has 5 heteroatoms. The number of aliphatic carboxylic acids is 1. The van der Waals surface area contributed by atoms with E-state index in [0.29, 0.717) is 13.0 Å². The van der Waals surface area contributed by atoms with E-state index in [-0.39, 0.29) is 0 Å². The van der Waals surface area contributed by atoms with Crippen molar-refractivity contribution in [2.45, 2.75) is 13.1 Å². The second kappa shape index (κ2) is 3.42. The molecular weight excluding hydrogens is 173 g/mol. The van der Waals surface area contributed by atoms with Gasteiger partial charge in [0.05, 0.1) is 5.57 Å². The summed E-state index contributed by atoms with van der Waals surface area (Å²) in [5.74, 6) is -1.63. The Morgan fingerprint density at radius 1 is 1.50 bits per heavy atom. The van der Waals surface area contributed by atoms with Crippen LogP contribution < -0.4 is 0 Å². The van der Waals surface area contributed by atoms with Crippen molar-refractivity contribution in [3.05, 3.63) is 23.8 Å². The fourth-order valence-electron chi connectivity index (χ4n) is 0.554. The minimum atomic E-state index is -4.61. The Labute approximate surface area is 67.0 Å². The Morgan fingerprint density at radius 2 is 1.92 bits per heavy atom. The van der Waals surface area contributed by atoms with Crippen LogP contribution in [0.2, 0.25) is 0 Å². The van der Waals surface area contributed by atoms with Crippen molar-refractivity contribution in [2.75, 3.05) is 0 Å². The zero-order chi connectivity index (χ0) is 9.94. The molecule has 0 aliphatic rings. The van der Waals surface area contributed by atoms with Gasteiger partial charge in [-0.2, -0.15) is 13.2 Å². The summed E-state index contributed by atoms with van der Waals surface area (Å²) in [7, 11) is 0. The normalized spacial score (nSPS) is 13.7. The van der Waals surface area contributed by atoms with Gasteiger partial charge < -0.3 is 5.11 Å². The van der Waals surface area contributed by atoms with Crippen LogP contribution in [-0.4, -0.2) is 17.3 Å². The lowest BCUT2D eigenvalue weighted by Gasteiger charge is -2.08. The third kappa shape index (κ3) is 2.41. The van der Waals surface area contributed by atoms with Gasteiger partial charge in [0.1, 0.15) is 0 Å². The molecule has 0 aliphatic heterocycles. The van der Waals surface area contributed by atoms with Gasteiger partial charge in [0.25, 0.3) is 0 Å². The van der Waals surface area contributed by atoms with Crippen LogP contribution in [0.5, 0.6) is 0 Å². The SMILES string of the molecule is C=C/C(C(=O)O)=C(\C)C(F)(F)F. The first-order chi connectivity index (χ1) is 5.30. The second-order valence-electron chi connectivity index (χ2n) is 2.05. The lowest BCUT2D eigenvalue weighted by atomic mass is 10.1. The average Bonchev–Trinajstić information content (AvgIpc) is 1.86. The molecule has 0 aromatic carbocycles. The van der Waals surface area contributed by atoms with Crippen molar-refractivity contribution < 1.29 is 23.1 Å². The third-order valence-electron chi connectivity index (χ3n) is 1.26. The number of carboxylic acids is 1. The van der Waals surface area contributed by atoms with E-state index >= 15 is 0 Å². The summed E-state index contributed by atoms with van der Waals surface area (Å²) in [6.45, 7) is 3.68. The molecule has 0 rings (SSSR count). The van der Waals surface area contributed by atoms with E-state index in [4.69, 9.17) is 5.11 Å². The first-order valence-electron chi connectivity index (χ1n) is 2.94. The maximum Gasteiger partial charge on any atom is 0.413 e. The van der Waals surface area contributed by atoms with Crippen molar-refractivity contribution in [2.24, 2.45) is 0 Å². The summed E-state index contributed by atoms with van der Waals surface area (Å²) < 4.78 is 35.6. The highest BCUT2D eigenvalue weighted by Gasteiger charge is 2.33. The highest BCUT2D eigenvalue weighted by molar-refractivity contribution is 5.90. The summed E-state index contributed by atoms with van der Waals surface area (Å²) in [5, 5.41) is 8.28. The van der Waals surface area contributed by atoms with Gasteiger partial charge in [-0.1, -0.05) is 12.7 Å². The van der Waals surface area contributed by atoms with E-state index in [1.807, 2.05) is 0 Å². The number of hydrogen-bond acceptors (Lipinski definition) is 1. The largest absolute Gasteiger partial charge is 0.478 e. The highest BCUT2D eigenvalue weighted by Crippen LogP contribution is 2.27. The fraction of sp³-hybridized carbons (Fsp3) is 0.286. The zero-order valence-electron chi connectivity index (χ0n) is 6.27. The maximum atomic E-state index is 11.9. The summed E-state index contributed by atoms with van der Waals surface area (Å²) in [5.41, 5.74) is -1.97. The monoisotopic (exact) mass is 180 g/mol. The molecular formula is C7H7F3O2. The molecule has 1 N–H and O–H groups in total. The molecule has 0 aromatic heterocycles. The Morgan fingerprint density at radius 3 is 2.00 bits per heavy atom. The highest BCUT2D eigenvalue weighted by atomic mass is 19.4. The van der Waals surface area contributed by atoms with Crippen LogP contribution in [0.3, 0.4) is 0 Å². The van der Waals surface area contributed by atoms with E-state index in [0.717, 1.165) is 0 Å². The first-order valence-corrected chi connectivity index (χ1v) is 2.94. The first kappa shape index (κ1) is 10.7. The molecule has 68 valence electrons. The van der Waals surface area contributed by atoms with Gasteiger partial charge in [0, 0.05) is 5.57 Å². The standard InChI is InChI=1S/C7H7F3O2/c1-3-5(6(11)12)4(2)7(8,9)10/h3H,1H2,2H3,(H,11,12)/b5-4-. The van der Waals surface area contributed by atoms with Gasteiger partial charge in [-0.15, -0.1) is 0 Å². The summed E-state index contributed by atoms with van der Waals surface area (Å²) in [6.07, 6.45) is -3.94. The van der Waals surface area contributed by atoms with Crippen LogP contribution in [0, 0.1) is 0 Å². The van der Waals surface area contributed by atoms with Crippen LogP contribution in [0.1, 0.15) is 6.92 Å². The number of carboxylic acid groups (broad SMARTS) is 1. The number of rotatable bonds is 2. The van der Waals surface area contributed by atoms with Gasteiger partial charge in [0.15, 0.2) is 0 Å². The van der Waals surface area contributed by atoms with Gasteiger partial charge in [-0.3, -0.25) is 0 Å². The summed E-state index contributed by atoms with van der Waals surface area (Å²) >= 11 is 0. The van der Waals surface area contributed by atoms with E-state index in [1.54, 1.807) is 0 Å². The molecule has 0 spiro atoms. The minimum absolute atomic E-state index is 0.672. The quantitative estimate of drug-likeness (QED) is 0.522. The van der Waals surface area contributed by atoms with Crippen molar-refractivity contribution in [1.82, 2.24) is 0 Å². The van der Waals surface area contributed by atoms with Crippen molar-refractivity contribution in [1.29, 1.82) is 0 Å². The molecule has 0 amide bonds. The molecule has 0 unspecified atom stereocenters. The van der Waals surface area contributed by atoms with Gasteiger partial charge >= 0.3 is 12.1 Å². The van der Waals surface area contributed by atoms with Crippen LogP contribution in [0.25, 0.3) is 0 Å². The number of allylic oxidation sites excluding steroid dienone is 1. The Balaban J connectivity index is 5.12. The Bertz CT molecular complexity index is 238. The van der Waals surface area contributed by atoms with Crippen LogP contribution in [0.4, 0.5) is 13.2 Å². The van der Waals surface area contributed by atoms with Gasteiger partial charge in [-0.25, -0.2) is 4.79 Å². The third-order valence-corrected chi connectivity index (χ3v) is 1.26. The van der Waals surface area contributed by atoms with E-state index in [2.05, 4.69) is 6.58 Å². The van der Waals surface area contributed by atoms with E-state index in [9.17, 15) is 18.0 Å². The maximum absolute atomic E-state index is 11.9. The molecule has 0 heterocycles. The van der Waals surface area contributed by atoms with Crippen LogP contribution in [0.15, 0.2) is 23.8 Å². The summed E-state index contributed by atoms with van der Waals surface area (Å²) in [4.78, 5) is 10.2. The number of alkyl halides is 3. The van der Waals surface area contributed by atoms with Crippen molar-refractivity contribution >= 4 is 5.97 Å². The van der Waals surface area contributed by atoms with Crippen molar-refractivity contribution in [3.8, 4) is 0 Å². The molecule has 0 fully saturated rings. The lowest BCUT2D eigenvalue weighted by molar-refractivity contribution is -0.133. The molecule has 0 aromatic rings. The van der Waals surface area contributed by atoms with Gasteiger partial charge in [0.2, 0.25) is 0 Å². The molecule has 0 bridgehead atoms. The van der Waals surface area contributed by atoms with E-state index < -0.39 is 23.3 Å². The molecule has 2 nitrogen and oxygen atoms in total. The molecule has 0 aliphatic carbocycles. The van der Waals surface area contributed by atoms with Crippen molar-refractivity contribution in [3.63, 3.8) is 0 Å². The predicted molar refractivity (Wildman–Crippen MR) is 36.6 cm³/mol. The minimum Gasteiger partial charge on any atom is -0.478 e. The Kier molecular flexibility index (Phi) is 3.06. The topological polar surface area (TPSA) is 37.3 Å². The predicted octanol–water partition coefficient (Wildman–Crippen LogP) is 2.14. The fourth-order valence-corrected chi connectivity index (χ4v) is 0.554. The number of carbonyl (C=O) groups is 1. The molecule has 0 saturated carbocycles. The number of hydrogen-bond donors (Lipinski definition) is 1. The van der Waals surface area contributed by atoms with Crippen LogP contribution >= 0.6 is 0 Å². The zero-order valence-corrected chi connectivity index (χ0v) is 6.27. The Hall–Kier alpha value is -1.26. The van der Waals surface area contributed by atoms with Crippen LogP contribution in [-0.2, 0) is 4.79 Å². The molecule has 0 radical (unpaired) electrons. The van der Waals surface area contributed by atoms with E-state index in [1.165, 1.54) is 0 Å². The van der Waals surface area contributed by atoms with Gasteiger partial charge in [-0.05, 0) is 6.92 Å².